The number of benzene rings is 8. The quantitative estimate of drug-likeness (QED) is 0.152. The first-order valence-electron chi connectivity index (χ1n) is 20.5. The molecule has 0 fully saturated rings. The van der Waals surface area contributed by atoms with Gasteiger partial charge in [-0.2, -0.15) is 11.8 Å². The monoisotopic (exact) mass is 766 g/mol. The molecule has 0 saturated heterocycles. The van der Waals surface area contributed by atoms with E-state index in [2.05, 4.69) is 230 Å². The highest BCUT2D eigenvalue weighted by Crippen LogP contribution is 2.57. The van der Waals surface area contributed by atoms with Gasteiger partial charge in [0.25, 0.3) is 0 Å². The fraction of sp³-hybridized carbons (Fsp3) is 0.127. The Hall–Kier alpha value is -6.29. The number of hydrogen-bond donors (Lipinski definition) is 0. The minimum Gasteiger partial charge on any atom is -0.311 e. The van der Waals surface area contributed by atoms with Crippen LogP contribution in [0.3, 0.4) is 0 Å². The zero-order valence-electron chi connectivity index (χ0n) is 33.1. The summed E-state index contributed by atoms with van der Waals surface area (Å²) < 4.78 is 0. The van der Waals surface area contributed by atoms with Crippen molar-refractivity contribution in [3.8, 4) is 33.4 Å². The summed E-state index contributed by atoms with van der Waals surface area (Å²) in [5.74, 6) is 2.25. The second-order valence-corrected chi connectivity index (χ2v) is 17.0. The molecule has 0 unspecified atom stereocenters. The van der Waals surface area contributed by atoms with Crippen LogP contribution in [0.15, 0.2) is 194 Å². The van der Waals surface area contributed by atoms with Crippen LogP contribution in [0.1, 0.15) is 42.5 Å². The standard InChI is InChI=1S/C55H46N2S/c1-55(2)50-29-13-12-26-49(50)53-51(55)34-35-52(54(53)48-27-15-20-41-38-58-36-16-28-47(41)48)57(46-25-14-19-40(37-46)39-17-6-3-7-18-39)45-32-30-44(31-33-45)56(42-21-8-4-9-22-42)43-23-10-5-11-24-43/h3-15,17-27,29-35,37H,16,28,36,38H2,1-2H3. The van der Waals surface area contributed by atoms with E-state index in [0.717, 1.165) is 40.6 Å². The van der Waals surface area contributed by atoms with Crippen molar-refractivity contribution in [1.82, 2.24) is 0 Å². The fourth-order valence-corrected chi connectivity index (χ4v) is 10.3. The predicted octanol–water partition coefficient (Wildman–Crippen LogP) is 15.4. The lowest BCUT2D eigenvalue weighted by Gasteiger charge is -2.32. The summed E-state index contributed by atoms with van der Waals surface area (Å²) in [4.78, 5) is 4.85. The first-order valence-corrected chi connectivity index (χ1v) is 21.6. The molecule has 8 aromatic carbocycles. The number of rotatable bonds is 8. The second-order valence-electron chi connectivity index (χ2n) is 15.9. The van der Waals surface area contributed by atoms with Crippen LogP contribution in [0, 0.1) is 0 Å². The third-order valence-electron chi connectivity index (χ3n) is 12.1. The van der Waals surface area contributed by atoms with E-state index in [1.54, 1.807) is 0 Å². The highest BCUT2D eigenvalue weighted by Gasteiger charge is 2.39. The maximum atomic E-state index is 2.51. The van der Waals surface area contributed by atoms with Gasteiger partial charge in [-0.3, -0.25) is 0 Å². The first kappa shape index (κ1) is 36.1. The van der Waals surface area contributed by atoms with Crippen LogP contribution < -0.4 is 9.80 Å². The van der Waals surface area contributed by atoms with Crippen LogP contribution >= 0.6 is 11.8 Å². The molecular formula is C55H46N2S. The Kier molecular flexibility index (Phi) is 9.47. The number of hydrogen-bond acceptors (Lipinski definition) is 3. The number of anilines is 6. The van der Waals surface area contributed by atoms with Gasteiger partial charge in [-0.15, -0.1) is 0 Å². The Bertz CT molecular complexity index is 2680. The highest BCUT2D eigenvalue weighted by molar-refractivity contribution is 7.98. The van der Waals surface area contributed by atoms with Gasteiger partial charge in [0.05, 0.1) is 5.69 Å². The molecule has 0 amide bonds. The van der Waals surface area contributed by atoms with Crippen molar-refractivity contribution in [2.24, 2.45) is 0 Å². The zero-order valence-corrected chi connectivity index (χ0v) is 33.9. The normalized spacial score (nSPS) is 13.8. The number of thioether (sulfide) groups is 1. The van der Waals surface area contributed by atoms with Crippen LogP contribution in [0.4, 0.5) is 34.1 Å². The molecule has 0 bridgehead atoms. The highest BCUT2D eigenvalue weighted by atomic mass is 32.2. The summed E-state index contributed by atoms with van der Waals surface area (Å²) >= 11 is 2.07. The number of nitrogens with zero attached hydrogens (tertiary/aromatic N) is 2. The van der Waals surface area contributed by atoms with Crippen LogP contribution in [0.2, 0.25) is 0 Å². The molecule has 1 aliphatic heterocycles. The molecule has 8 aromatic rings. The van der Waals surface area contributed by atoms with Crippen molar-refractivity contribution in [3.63, 3.8) is 0 Å². The van der Waals surface area contributed by atoms with Crippen molar-refractivity contribution in [2.75, 3.05) is 15.6 Å². The van der Waals surface area contributed by atoms with Crippen LogP contribution in [-0.2, 0) is 17.6 Å². The minimum absolute atomic E-state index is 0.126. The molecule has 3 heteroatoms. The zero-order chi connectivity index (χ0) is 39.1. The van der Waals surface area contributed by atoms with Gasteiger partial charge in [0.1, 0.15) is 0 Å². The summed E-state index contributed by atoms with van der Waals surface area (Å²) in [7, 11) is 0. The van der Waals surface area contributed by atoms with E-state index in [-0.39, 0.29) is 5.41 Å². The van der Waals surface area contributed by atoms with Crippen molar-refractivity contribution >= 4 is 45.9 Å². The Labute approximate surface area is 347 Å². The molecule has 10 rings (SSSR count). The minimum atomic E-state index is -0.126. The summed E-state index contributed by atoms with van der Waals surface area (Å²) in [6.45, 7) is 4.79. The van der Waals surface area contributed by atoms with E-state index >= 15 is 0 Å². The lowest BCUT2D eigenvalue weighted by Crippen LogP contribution is -2.16. The molecule has 2 aliphatic rings. The lowest BCUT2D eigenvalue weighted by molar-refractivity contribution is 0.660. The third-order valence-corrected chi connectivity index (χ3v) is 13.2. The Morgan fingerprint density at radius 3 is 1.74 bits per heavy atom. The van der Waals surface area contributed by atoms with Crippen molar-refractivity contribution in [1.29, 1.82) is 0 Å². The molecule has 0 atom stereocenters. The summed E-state index contributed by atoms with van der Waals surface area (Å²) in [6.07, 6.45) is 2.27. The van der Waals surface area contributed by atoms with Gasteiger partial charge in [-0.05, 0) is 135 Å². The number of para-hydroxylation sites is 2. The van der Waals surface area contributed by atoms with Gasteiger partial charge in [-0.1, -0.05) is 141 Å². The van der Waals surface area contributed by atoms with Crippen LogP contribution in [0.5, 0.6) is 0 Å². The average molecular weight is 767 g/mol. The molecule has 0 N–H and O–H groups in total. The van der Waals surface area contributed by atoms with Gasteiger partial charge < -0.3 is 9.80 Å². The average Bonchev–Trinajstić information content (AvgIpc) is 3.39. The molecule has 282 valence electrons. The van der Waals surface area contributed by atoms with Crippen LogP contribution in [-0.4, -0.2) is 5.75 Å². The van der Waals surface area contributed by atoms with E-state index in [1.165, 1.54) is 73.5 Å². The van der Waals surface area contributed by atoms with Gasteiger partial charge in [0.2, 0.25) is 0 Å². The van der Waals surface area contributed by atoms with Crippen molar-refractivity contribution in [2.45, 2.75) is 37.9 Å². The maximum absolute atomic E-state index is 2.51. The second kappa shape index (κ2) is 15.2. The molecule has 58 heavy (non-hydrogen) atoms. The van der Waals surface area contributed by atoms with Gasteiger partial charge >= 0.3 is 0 Å². The Balaban J connectivity index is 1.23. The van der Waals surface area contributed by atoms with Gasteiger partial charge in [0, 0.05) is 45.2 Å². The van der Waals surface area contributed by atoms with Crippen LogP contribution in [0.25, 0.3) is 33.4 Å². The SMILES string of the molecule is CC1(C)c2ccccc2-c2c1ccc(N(c1ccc(N(c3ccccc3)c3ccccc3)cc1)c1cccc(-c3ccccc3)c1)c2-c1cccc2c1CCCSC2. The third kappa shape index (κ3) is 6.40. The molecule has 0 spiro atoms. The van der Waals surface area contributed by atoms with Gasteiger partial charge in [0.15, 0.2) is 0 Å². The van der Waals surface area contributed by atoms with E-state index in [0.29, 0.717) is 0 Å². The van der Waals surface area contributed by atoms with E-state index < -0.39 is 0 Å². The first-order chi connectivity index (χ1) is 28.6. The summed E-state index contributed by atoms with van der Waals surface area (Å²) in [5, 5.41) is 0. The van der Waals surface area contributed by atoms with Crippen molar-refractivity contribution in [3.05, 3.63) is 216 Å². The Morgan fingerprint density at radius 2 is 1.02 bits per heavy atom. The van der Waals surface area contributed by atoms with E-state index in [9.17, 15) is 0 Å². The molecule has 0 saturated carbocycles. The lowest BCUT2D eigenvalue weighted by atomic mass is 9.81. The fourth-order valence-electron chi connectivity index (χ4n) is 9.31. The van der Waals surface area contributed by atoms with E-state index in [4.69, 9.17) is 0 Å². The topological polar surface area (TPSA) is 6.48 Å². The molecule has 0 radical (unpaired) electrons. The summed E-state index contributed by atoms with van der Waals surface area (Å²) in [6, 6.07) is 71.3. The Morgan fingerprint density at radius 1 is 0.448 bits per heavy atom. The van der Waals surface area contributed by atoms with E-state index in [1.807, 2.05) is 0 Å². The molecule has 0 aromatic heterocycles. The van der Waals surface area contributed by atoms with Crippen molar-refractivity contribution < 1.29 is 0 Å². The maximum Gasteiger partial charge on any atom is 0.0546 e. The largest absolute Gasteiger partial charge is 0.311 e. The molecule has 1 aliphatic carbocycles. The molecular weight excluding hydrogens is 721 g/mol. The smallest absolute Gasteiger partial charge is 0.0546 e. The molecule has 1 heterocycles. The summed E-state index contributed by atoms with van der Waals surface area (Å²) in [5.41, 5.74) is 20.2. The predicted molar refractivity (Wildman–Crippen MR) is 249 cm³/mol. The number of fused-ring (bicyclic) bond motifs is 4. The van der Waals surface area contributed by atoms with Gasteiger partial charge in [-0.25, -0.2) is 0 Å². The molecule has 2 nitrogen and oxygen atoms in total.